The quantitative estimate of drug-likeness (QED) is 0.369. The molecule has 0 aliphatic carbocycles. The minimum Gasteiger partial charge on any atom is -0.494 e. The Bertz CT molecular complexity index is 682. The number of nitro groups is 1. The molecule has 2 aromatic rings. The number of anilines is 1. The molecule has 6 nitrogen and oxygen atoms in total. The van der Waals surface area contributed by atoms with Gasteiger partial charge in [0.25, 0.3) is 5.69 Å². The minimum absolute atomic E-state index is 0.0718. The van der Waals surface area contributed by atoms with E-state index in [1.807, 2.05) is 37.3 Å². The molecule has 0 aliphatic rings. The Kier molecular flexibility index (Phi) is 5.11. The van der Waals surface area contributed by atoms with Crippen molar-refractivity contribution >= 4 is 23.5 Å². The van der Waals surface area contributed by atoms with Gasteiger partial charge in [0.15, 0.2) is 0 Å². The van der Waals surface area contributed by atoms with E-state index in [0.717, 1.165) is 22.6 Å². The number of nitro benzene ring substituents is 1. The largest absolute Gasteiger partial charge is 0.494 e. The first-order chi connectivity index (χ1) is 10.6. The highest BCUT2D eigenvalue weighted by atomic mass is 16.6. The smallest absolute Gasteiger partial charge is 0.269 e. The van der Waals surface area contributed by atoms with Crippen LogP contribution < -0.4 is 16.0 Å². The van der Waals surface area contributed by atoms with Crippen LogP contribution in [0.2, 0.25) is 0 Å². The van der Waals surface area contributed by atoms with E-state index < -0.39 is 4.92 Å². The van der Waals surface area contributed by atoms with Crippen molar-refractivity contribution in [2.45, 2.75) is 6.92 Å². The second-order valence-electron chi connectivity index (χ2n) is 4.51. The average molecular weight is 299 g/mol. The van der Waals surface area contributed by atoms with Crippen LogP contribution in [0.3, 0.4) is 0 Å². The van der Waals surface area contributed by atoms with Crippen LogP contribution in [0.4, 0.5) is 11.4 Å². The van der Waals surface area contributed by atoms with Crippen LogP contribution in [0.25, 0.3) is 12.2 Å². The van der Waals surface area contributed by atoms with Crippen molar-refractivity contribution in [2.24, 2.45) is 5.84 Å². The lowest BCUT2D eigenvalue weighted by Crippen LogP contribution is -2.08. The standard InChI is InChI=1S/C16H17N3O3/c1-2-22-15-10-7-13(16(11-15)18-17)6-3-12-4-8-14(9-5-12)19(20)21/h3-11,18H,2,17H2,1H3/b6-3+. The summed E-state index contributed by atoms with van der Waals surface area (Å²) in [6.07, 6.45) is 3.74. The summed E-state index contributed by atoms with van der Waals surface area (Å²) in [5.41, 5.74) is 5.20. The number of non-ortho nitro benzene ring substituents is 1. The number of benzene rings is 2. The van der Waals surface area contributed by atoms with Crippen molar-refractivity contribution in [3.05, 3.63) is 63.7 Å². The van der Waals surface area contributed by atoms with Crippen molar-refractivity contribution in [1.29, 1.82) is 0 Å². The number of hydrogen-bond acceptors (Lipinski definition) is 5. The van der Waals surface area contributed by atoms with E-state index in [0.29, 0.717) is 6.61 Å². The van der Waals surface area contributed by atoms with Crippen molar-refractivity contribution in [3.63, 3.8) is 0 Å². The summed E-state index contributed by atoms with van der Waals surface area (Å²) in [5, 5.41) is 10.6. The lowest BCUT2D eigenvalue weighted by Gasteiger charge is -2.09. The second-order valence-corrected chi connectivity index (χ2v) is 4.51. The summed E-state index contributed by atoms with van der Waals surface area (Å²) < 4.78 is 5.42. The number of ether oxygens (including phenoxy) is 1. The zero-order chi connectivity index (χ0) is 15.9. The van der Waals surface area contributed by atoms with E-state index in [-0.39, 0.29) is 5.69 Å². The first-order valence-electron chi connectivity index (χ1n) is 6.80. The molecular weight excluding hydrogens is 282 g/mol. The molecule has 0 atom stereocenters. The van der Waals surface area contributed by atoms with Crippen LogP contribution in [0.5, 0.6) is 5.75 Å². The SMILES string of the molecule is CCOc1ccc(/C=C/c2ccc([N+](=O)[O-])cc2)c(NN)c1. The molecule has 0 unspecified atom stereocenters. The van der Waals surface area contributed by atoms with Crippen LogP contribution >= 0.6 is 0 Å². The van der Waals surface area contributed by atoms with Gasteiger partial charge in [-0.1, -0.05) is 12.2 Å². The van der Waals surface area contributed by atoms with Gasteiger partial charge in [-0.25, -0.2) is 0 Å². The van der Waals surface area contributed by atoms with Gasteiger partial charge >= 0.3 is 0 Å². The molecule has 2 rings (SSSR count). The molecule has 0 aromatic heterocycles. The topological polar surface area (TPSA) is 90.4 Å². The number of nitrogens with two attached hydrogens (primary N) is 1. The summed E-state index contributed by atoms with van der Waals surface area (Å²) in [7, 11) is 0. The zero-order valence-electron chi connectivity index (χ0n) is 12.2. The molecule has 0 radical (unpaired) electrons. The molecule has 3 N–H and O–H groups in total. The highest BCUT2D eigenvalue weighted by Gasteiger charge is 2.03. The van der Waals surface area contributed by atoms with Gasteiger partial charge in [0.05, 0.1) is 17.2 Å². The summed E-state index contributed by atoms with van der Waals surface area (Å²) in [5.74, 6) is 6.26. The Morgan fingerprint density at radius 1 is 1.23 bits per heavy atom. The third-order valence-electron chi connectivity index (χ3n) is 3.05. The van der Waals surface area contributed by atoms with Gasteiger partial charge in [-0.05, 0) is 42.3 Å². The van der Waals surface area contributed by atoms with Crippen LogP contribution in [-0.2, 0) is 0 Å². The number of nitrogen functional groups attached to an aromatic ring is 1. The molecule has 0 fully saturated rings. The van der Waals surface area contributed by atoms with Crippen molar-refractivity contribution in [2.75, 3.05) is 12.0 Å². The molecular formula is C16H17N3O3. The summed E-state index contributed by atoms with van der Waals surface area (Å²) in [6, 6.07) is 11.9. The van der Waals surface area contributed by atoms with Crippen molar-refractivity contribution in [1.82, 2.24) is 0 Å². The fourth-order valence-electron chi connectivity index (χ4n) is 1.96. The second kappa shape index (κ2) is 7.24. The van der Waals surface area contributed by atoms with Gasteiger partial charge in [-0.3, -0.25) is 16.0 Å². The monoisotopic (exact) mass is 299 g/mol. The fourth-order valence-corrected chi connectivity index (χ4v) is 1.96. The number of hydrogen-bond donors (Lipinski definition) is 2. The van der Waals surface area contributed by atoms with E-state index in [4.69, 9.17) is 10.6 Å². The minimum atomic E-state index is -0.420. The summed E-state index contributed by atoms with van der Waals surface area (Å²) >= 11 is 0. The molecule has 22 heavy (non-hydrogen) atoms. The van der Waals surface area contributed by atoms with E-state index in [2.05, 4.69) is 5.43 Å². The van der Waals surface area contributed by atoms with Gasteiger partial charge in [-0.2, -0.15) is 0 Å². The van der Waals surface area contributed by atoms with Crippen LogP contribution in [0.1, 0.15) is 18.1 Å². The van der Waals surface area contributed by atoms with Gasteiger partial charge in [0.1, 0.15) is 5.75 Å². The zero-order valence-corrected chi connectivity index (χ0v) is 12.2. The highest BCUT2D eigenvalue weighted by molar-refractivity contribution is 5.77. The molecule has 114 valence electrons. The molecule has 0 amide bonds. The van der Waals surface area contributed by atoms with E-state index in [9.17, 15) is 10.1 Å². The van der Waals surface area contributed by atoms with Gasteiger partial charge in [-0.15, -0.1) is 0 Å². The average Bonchev–Trinajstić information content (AvgIpc) is 2.54. The van der Waals surface area contributed by atoms with Crippen LogP contribution in [0, 0.1) is 10.1 Å². The third kappa shape index (κ3) is 3.83. The van der Waals surface area contributed by atoms with Crippen molar-refractivity contribution < 1.29 is 9.66 Å². The predicted octanol–water partition coefficient (Wildman–Crippen LogP) is 3.45. The molecule has 0 saturated heterocycles. The first-order valence-corrected chi connectivity index (χ1v) is 6.80. The Labute approximate surface area is 128 Å². The Balaban J connectivity index is 2.20. The summed E-state index contributed by atoms with van der Waals surface area (Å²) in [4.78, 5) is 10.2. The molecule has 6 heteroatoms. The van der Waals surface area contributed by atoms with Gasteiger partial charge in [0.2, 0.25) is 0 Å². The van der Waals surface area contributed by atoms with Gasteiger partial charge < -0.3 is 10.2 Å². The lowest BCUT2D eigenvalue weighted by atomic mass is 10.1. The molecule has 0 aliphatic heterocycles. The maximum Gasteiger partial charge on any atom is 0.269 e. The molecule has 0 spiro atoms. The number of rotatable bonds is 6. The normalized spacial score (nSPS) is 10.6. The van der Waals surface area contributed by atoms with E-state index in [1.165, 1.54) is 12.1 Å². The maximum absolute atomic E-state index is 10.6. The van der Waals surface area contributed by atoms with E-state index >= 15 is 0 Å². The molecule has 0 bridgehead atoms. The van der Waals surface area contributed by atoms with E-state index in [1.54, 1.807) is 12.1 Å². The predicted molar refractivity (Wildman–Crippen MR) is 87.4 cm³/mol. The number of nitrogens with zero attached hydrogens (tertiary/aromatic N) is 1. The first kappa shape index (κ1) is 15.5. The van der Waals surface area contributed by atoms with Crippen LogP contribution in [0.15, 0.2) is 42.5 Å². The summed E-state index contributed by atoms with van der Waals surface area (Å²) in [6.45, 7) is 2.50. The molecule has 0 saturated carbocycles. The Hall–Kier alpha value is -2.86. The third-order valence-corrected chi connectivity index (χ3v) is 3.05. The number of hydrazine groups is 1. The molecule has 2 aromatic carbocycles. The van der Waals surface area contributed by atoms with Crippen molar-refractivity contribution in [3.8, 4) is 5.75 Å². The maximum atomic E-state index is 10.6. The Morgan fingerprint density at radius 2 is 1.95 bits per heavy atom. The van der Waals surface area contributed by atoms with Gasteiger partial charge in [0, 0.05) is 18.2 Å². The van der Waals surface area contributed by atoms with Crippen LogP contribution in [-0.4, -0.2) is 11.5 Å². The fraction of sp³-hybridized carbons (Fsp3) is 0.125. The highest BCUT2D eigenvalue weighted by Crippen LogP contribution is 2.24. The Morgan fingerprint density at radius 3 is 2.55 bits per heavy atom. The lowest BCUT2D eigenvalue weighted by molar-refractivity contribution is -0.384. The molecule has 0 heterocycles. The number of nitrogens with one attached hydrogen (secondary N) is 1.